The highest BCUT2D eigenvalue weighted by atomic mass is 19.1. The van der Waals surface area contributed by atoms with E-state index in [1.54, 1.807) is 17.9 Å². The van der Waals surface area contributed by atoms with Crippen molar-refractivity contribution in [3.63, 3.8) is 0 Å². The van der Waals surface area contributed by atoms with Gasteiger partial charge in [-0.2, -0.15) is 5.10 Å². The molecule has 0 bridgehead atoms. The Kier molecular flexibility index (Phi) is 5.05. The third kappa shape index (κ3) is 4.68. The zero-order valence-electron chi connectivity index (χ0n) is 11.8. The quantitative estimate of drug-likeness (QED) is 0.795. The second-order valence-corrected chi connectivity index (χ2v) is 4.76. The summed E-state index contributed by atoms with van der Waals surface area (Å²) < 4.78 is 20.5. The smallest absolute Gasteiger partial charge is 0.305 e. The van der Waals surface area contributed by atoms with Crippen molar-refractivity contribution in [2.45, 2.75) is 12.8 Å². The van der Waals surface area contributed by atoms with Crippen LogP contribution in [-0.2, 0) is 23.0 Å². The highest BCUT2D eigenvalue weighted by Gasteiger charge is 2.05. The van der Waals surface area contributed by atoms with Gasteiger partial charge in [-0.05, 0) is 29.7 Å². The molecular weight excluding hydrogens is 275 g/mol. The number of halogens is 1. The van der Waals surface area contributed by atoms with Gasteiger partial charge in [0.05, 0.1) is 25.8 Å². The van der Waals surface area contributed by atoms with E-state index in [1.165, 1.54) is 12.1 Å². The number of benzene rings is 1. The van der Waals surface area contributed by atoms with Gasteiger partial charge in [-0.1, -0.05) is 6.07 Å². The Morgan fingerprint density at radius 2 is 2.14 bits per heavy atom. The van der Waals surface area contributed by atoms with E-state index in [1.807, 2.05) is 12.3 Å². The van der Waals surface area contributed by atoms with Crippen LogP contribution < -0.4 is 0 Å². The molecule has 5 nitrogen and oxygen atoms in total. The monoisotopic (exact) mass is 292 g/mol. The predicted octanol–water partition coefficient (Wildman–Crippen LogP) is 2.26. The molecule has 2 aromatic rings. The zero-order valence-corrected chi connectivity index (χ0v) is 11.8. The summed E-state index contributed by atoms with van der Waals surface area (Å²) in [6.07, 6.45) is 4.01. The standard InChI is InChI=1S/C15H17FN2O3/c1-18-10-13(9-17-18)12-6-11(7-14(16)8-12)2-4-21-5-3-15(19)20/h6-10H,2-5H2,1H3,(H,19,20). The fourth-order valence-corrected chi connectivity index (χ4v) is 1.98. The number of ether oxygens (including phenoxy) is 1. The van der Waals surface area contributed by atoms with Crippen LogP contribution in [0.4, 0.5) is 4.39 Å². The van der Waals surface area contributed by atoms with E-state index in [0.29, 0.717) is 13.0 Å². The minimum absolute atomic E-state index is 0.0237. The molecule has 1 aromatic heterocycles. The molecule has 0 saturated carbocycles. The summed E-state index contributed by atoms with van der Waals surface area (Å²) in [5.41, 5.74) is 2.43. The van der Waals surface area contributed by atoms with Crippen LogP contribution in [0.3, 0.4) is 0 Å². The van der Waals surface area contributed by atoms with Crippen LogP contribution in [-0.4, -0.2) is 34.1 Å². The molecule has 0 aliphatic rings. The number of aromatic nitrogens is 2. The highest BCUT2D eigenvalue weighted by Crippen LogP contribution is 2.21. The van der Waals surface area contributed by atoms with Crippen molar-refractivity contribution in [1.29, 1.82) is 0 Å². The first-order valence-electron chi connectivity index (χ1n) is 6.62. The lowest BCUT2D eigenvalue weighted by molar-refractivity contribution is -0.138. The summed E-state index contributed by atoms with van der Waals surface area (Å²) in [5, 5.41) is 12.6. The van der Waals surface area contributed by atoms with Crippen molar-refractivity contribution in [3.8, 4) is 11.1 Å². The molecule has 112 valence electrons. The van der Waals surface area contributed by atoms with Crippen molar-refractivity contribution in [3.05, 3.63) is 42.0 Å². The summed E-state index contributed by atoms with van der Waals surface area (Å²) in [7, 11) is 1.81. The van der Waals surface area contributed by atoms with Gasteiger partial charge in [0.1, 0.15) is 5.82 Å². The molecule has 0 saturated heterocycles. The number of carboxylic acid groups (broad SMARTS) is 1. The molecule has 0 spiro atoms. The Morgan fingerprint density at radius 3 is 2.81 bits per heavy atom. The van der Waals surface area contributed by atoms with Crippen molar-refractivity contribution in [2.24, 2.45) is 7.05 Å². The molecule has 6 heteroatoms. The topological polar surface area (TPSA) is 64.3 Å². The van der Waals surface area contributed by atoms with E-state index in [2.05, 4.69) is 5.10 Å². The lowest BCUT2D eigenvalue weighted by Crippen LogP contribution is -2.05. The first-order chi connectivity index (χ1) is 10.0. The summed E-state index contributed by atoms with van der Waals surface area (Å²) >= 11 is 0. The molecule has 0 unspecified atom stereocenters. The minimum Gasteiger partial charge on any atom is -0.481 e. The van der Waals surface area contributed by atoms with Gasteiger partial charge in [0.2, 0.25) is 0 Å². The van der Waals surface area contributed by atoms with Crippen LogP contribution >= 0.6 is 0 Å². The number of hydrogen-bond acceptors (Lipinski definition) is 3. The molecule has 0 aliphatic carbocycles. The normalized spacial score (nSPS) is 10.8. The number of nitrogens with zero attached hydrogens (tertiary/aromatic N) is 2. The largest absolute Gasteiger partial charge is 0.481 e. The van der Waals surface area contributed by atoms with Crippen molar-refractivity contribution in [1.82, 2.24) is 9.78 Å². The van der Waals surface area contributed by atoms with Gasteiger partial charge in [0.15, 0.2) is 0 Å². The number of carboxylic acids is 1. The molecule has 2 rings (SSSR count). The summed E-state index contributed by atoms with van der Waals surface area (Å²) in [4.78, 5) is 10.3. The third-order valence-corrected chi connectivity index (χ3v) is 2.99. The molecule has 21 heavy (non-hydrogen) atoms. The summed E-state index contributed by atoms with van der Waals surface area (Å²) in [6, 6.07) is 4.81. The lowest BCUT2D eigenvalue weighted by atomic mass is 10.0. The average Bonchev–Trinajstić information content (AvgIpc) is 2.84. The van der Waals surface area contributed by atoms with Crippen LogP contribution in [0.5, 0.6) is 0 Å². The van der Waals surface area contributed by atoms with Gasteiger partial charge >= 0.3 is 5.97 Å². The number of aryl methyl sites for hydroxylation is 1. The van der Waals surface area contributed by atoms with Gasteiger partial charge in [-0.15, -0.1) is 0 Å². The van der Waals surface area contributed by atoms with Crippen LogP contribution in [0, 0.1) is 5.82 Å². The molecule has 1 heterocycles. The maximum Gasteiger partial charge on any atom is 0.305 e. The molecule has 1 aromatic carbocycles. The Morgan fingerprint density at radius 1 is 1.33 bits per heavy atom. The Hall–Kier alpha value is -2.21. The van der Waals surface area contributed by atoms with Crippen LogP contribution in [0.1, 0.15) is 12.0 Å². The van der Waals surface area contributed by atoms with Crippen LogP contribution in [0.15, 0.2) is 30.6 Å². The molecule has 0 radical (unpaired) electrons. The second kappa shape index (κ2) is 6.99. The Balaban J connectivity index is 1.97. The van der Waals surface area contributed by atoms with E-state index in [4.69, 9.17) is 9.84 Å². The van der Waals surface area contributed by atoms with Crippen molar-refractivity contribution in [2.75, 3.05) is 13.2 Å². The molecule has 0 atom stereocenters. The maximum absolute atomic E-state index is 13.7. The first-order valence-corrected chi connectivity index (χ1v) is 6.62. The third-order valence-electron chi connectivity index (χ3n) is 2.99. The Labute approximate surface area is 122 Å². The number of aliphatic carboxylic acids is 1. The van der Waals surface area contributed by atoms with Gasteiger partial charge in [0, 0.05) is 18.8 Å². The van der Waals surface area contributed by atoms with E-state index >= 15 is 0 Å². The van der Waals surface area contributed by atoms with Crippen LogP contribution in [0.25, 0.3) is 11.1 Å². The molecule has 0 amide bonds. The average molecular weight is 292 g/mol. The van der Waals surface area contributed by atoms with E-state index in [0.717, 1.165) is 16.7 Å². The molecule has 0 fully saturated rings. The number of carbonyl (C=O) groups is 1. The fraction of sp³-hybridized carbons (Fsp3) is 0.333. The number of rotatable bonds is 7. The van der Waals surface area contributed by atoms with Gasteiger partial charge in [-0.25, -0.2) is 4.39 Å². The highest BCUT2D eigenvalue weighted by molar-refractivity contribution is 5.66. The van der Waals surface area contributed by atoms with E-state index < -0.39 is 5.97 Å². The maximum atomic E-state index is 13.7. The van der Waals surface area contributed by atoms with Crippen LogP contribution in [0.2, 0.25) is 0 Å². The molecular formula is C15H17FN2O3. The summed E-state index contributed by atoms with van der Waals surface area (Å²) in [6.45, 7) is 0.531. The second-order valence-electron chi connectivity index (χ2n) is 4.76. The summed E-state index contributed by atoms with van der Waals surface area (Å²) in [5.74, 6) is -1.20. The lowest BCUT2D eigenvalue weighted by Gasteiger charge is -2.06. The van der Waals surface area contributed by atoms with Crippen molar-refractivity contribution < 1.29 is 19.0 Å². The van der Waals surface area contributed by atoms with Gasteiger partial charge in [-0.3, -0.25) is 9.48 Å². The fourth-order valence-electron chi connectivity index (χ4n) is 1.98. The number of hydrogen-bond donors (Lipinski definition) is 1. The van der Waals surface area contributed by atoms with Crippen molar-refractivity contribution >= 4 is 5.97 Å². The van der Waals surface area contributed by atoms with Gasteiger partial charge in [0.25, 0.3) is 0 Å². The zero-order chi connectivity index (χ0) is 15.2. The van der Waals surface area contributed by atoms with E-state index in [-0.39, 0.29) is 18.8 Å². The first kappa shape index (κ1) is 15.2. The minimum atomic E-state index is -0.889. The van der Waals surface area contributed by atoms with Gasteiger partial charge < -0.3 is 9.84 Å². The predicted molar refractivity (Wildman–Crippen MR) is 75.4 cm³/mol. The van der Waals surface area contributed by atoms with E-state index in [9.17, 15) is 9.18 Å². The Bertz CT molecular complexity index is 625. The SMILES string of the molecule is Cn1cc(-c2cc(F)cc(CCOCCC(=O)O)c2)cn1. The molecule has 1 N–H and O–H groups in total. The molecule has 0 aliphatic heterocycles.